The van der Waals surface area contributed by atoms with Gasteiger partial charge in [-0.15, -0.1) is 0 Å². The second kappa shape index (κ2) is 7.83. The van der Waals surface area contributed by atoms with Crippen LogP contribution in [0.5, 0.6) is 0 Å². The first-order valence-electron chi connectivity index (χ1n) is 9.91. The standard InChI is InChI=1S/C23H27NO3/c1-3-26-23(25)21-19(15-14-17-10-6-4-7-11-17)22-16(2)20(24(21)27-22)18-12-8-5-9-13-18/h4-13,16,19-22H,3,14-15H2,1-2H3/t16-,19-,20+,21+,22+/m1/s1. The van der Waals surface area contributed by atoms with Crippen molar-refractivity contribution in [3.63, 3.8) is 0 Å². The minimum Gasteiger partial charge on any atom is -0.465 e. The van der Waals surface area contributed by atoms with Gasteiger partial charge in [0.1, 0.15) is 6.04 Å². The van der Waals surface area contributed by atoms with Crippen molar-refractivity contribution in [3.8, 4) is 0 Å². The predicted octanol–water partition coefficient (Wildman–Crippen LogP) is 4.17. The summed E-state index contributed by atoms with van der Waals surface area (Å²) in [5.74, 6) is 0.323. The third-order valence-electron chi connectivity index (χ3n) is 5.91. The molecule has 6 atom stereocenters. The minimum atomic E-state index is -0.333. The highest BCUT2D eigenvalue weighted by Crippen LogP contribution is 2.52. The third-order valence-corrected chi connectivity index (χ3v) is 5.91. The number of rotatable bonds is 6. The first-order valence-corrected chi connectivity index (χ1v) is 9.91. The summed E-state index contributed by atoms with van der Waals surface area (Å²) in [6, 6.07) is 20.5. The van der Waals surface area contributed by atoms with E-state index in [2.05, 4.69) is 43.3 Å². The molecule has 0 N–H and O–H groups in total. The number of ether oxygens (including phenoxy) is 1. The number of benzene rings is 2. The molecular formula is C23H27NO3. The number of hydroxylamine groups is 2. The highest BCUT2D eigenvalue weighted by molar-refractivity contribution is 5.77. The van der Waals surface area contributed by atoms with E-state index in [4.69, 9.17) is 9.57 Å². The fraction of sp³-hybridized carbons (Fsp3) is 0.435. The maximum Gasteiger partial charge on any atom is 0.326 e. The quantitative estimate of drug-likeness (QED) is 0.720. The van der Waals surface area contributed by atoms with Gasteiger partial charge >= 0.3 is 5.97 Å². The Morgan fingerprint density at radius 2 is 1.74 bits per heavy atom. The van der Waals surface area contributed by atoms with E-state index >= 15 is 0 Å². The maximum absolute atomic E-state index is 12.8. The second-order valence-corrected chi connectivity index (χ2v) is 7.53. The molecule has 2 aliphatic heterocycles. The molecule has 0 saturated carbocycles. The molecule has 0 aliphatic carbocycles. The van der Waals surface area contributed by atoms with Crippen molar-refractivity contribution < 1.29 is 14.4 Å². The lowest BCUT2D eigenvalue weighted by atomic mass is 9.75. The number of nitrogens with zero attached hydrogens (tertiary/aromatic N) is 1. The molecule has 1 unspecified atom stereocenters. The van der Waals surface area contributed by atoms with E-state index in [9.17, 15) is 4.79 Å². The second-order valence-electron chi connectivity index (χ2n) is 7.53. The smallest absolute Gasteiger partial charge is 0.326 e. The van der Waals surface area contributed by atoms with Crippen LogP contribution in [0.2, 0.25) is 0 Å². The normalized spacial score (nSPS) is 31.8. The largest absolute Gasteiger partial charge is 0.465 e. The van der Waals surface area contributed by atoms with E-state index in [1.807, 2.05) is 36.3 Å². The number of fused-ring (bicyclic) bond motifs is 2. The number of piperidine rings is 1. The van der Waals surface area contributed by atoms with Gasteiger partial charge in [-0.2, -0.15) is 5.06 Å². The summed E-state index contributed by atoms with van der Waals surface area (Å²) in [6.45, 7) is 4.49. The number of hydrogen-bond acceptors (Lipinski definition) is 4. The van der Waals surface area contributed by atoms with Gasteiger partial charge in [0.25, 0.3) is 0 Å². The zero-order valence-electron chi connectivity index (χ0n) is 16.0. The van der Waals surface area contributed by atoms with Gasteiger partial charge in [-0.1, -0.05) is 67.6 Å². The van der Waals surface area contributed by atoms with Gasteiger partial charge in [-0.3, -0.25) is 9.63 Å². The van der Waals surface area contributed by atoms with Crippen LogP contribution in [0, 0.1) is 11.8 Å². The van der Waals surface area contributed by atoms with Crippen molar-refractivity contribution in [2.75, 3.05) is 6.61 Å². The van der Waals surface area contributed by atoms with Crippen molar-refractivity contribution in [2.45, 2.75) is 44.9 Å². The monoisotopic (exact) mass is 365 g/mol. The molecule has 27 heavy (non-hydrogen) atoms. The van der Waals surface area contributed by atoms with E-state index in [-0.39, 0.29) is 30.1 Å². The molecule has 0 amide bonds. The molecule has 2 fully saturated rings. The Labute approximate surface area is 161 Å². The molecule has 2 aromatic rings. The Morgan fingerprint density at radius 3 is 2.41 bits per heavy atom. The average Bonchev–Trinajstić information content (AvgIpc) is 3.23. The molecule has 142 valence electrons. The van der Waals surface area contributed by atoms with Crippen LogP contribution >= 0.6 is 0 Å². The summed E-state index contributed by atoms with van der Waals surface area (Å²) in [5.41, 5.74) is 2.49. The topological polar surface area (TPSA) is 38.8 Å². The number of esters is 1. The Kier molecular flexibility index (Phi) is 5.28. The highest BCUT2D eigenvalue weighted by atomic mass is 16.7. The average molecular weight is 365 g/mol. The number of aryl methyl sites for hydroxylation is 1. The Hall–Kier alpha value is -2.17. The zero-order valence-corrected chi connectivity index (χ0v) is 16.0. The van der Waals surface area contributed by atoms with E-state index < -0.39 is 0 Å². The summed E-state index contributed by atoms with van der Waals surface area (Å²) in [4.78, 5) is 19.1. The lowest BCUT2D eigenvalue weighted by Crippen LogP contribution is -2.48. The van der Waals surface area contributed by atoms with E-state index in [1.165, 1.54) is 11.1 Å². The fourth-order valence-electron chi connectivity index (χ4n) is 4.70. The Balaban J connectivity index is 1.57. The number of carbonyl (C=O) groups is 1. The molecule has 4 nitrogen and oxygen atoms in total. The van der Waals surface area contributed by atoms with Gasteiger partial charge < -0.3 is 4.74 Å². The van der Waals surface area contributed by atoms with Crippen LogP contribution in [0.1, 0.15) is 37.4 Å². The Morgan fingerprint density at radius 1 is 1.07 bits per heavy atom. The molecule has 2 heterocycles. The predicted molar refractivity (Wildman–Crippen MR) is 104 cm³/mol. The van der Waals surface area contributed by atoms with Gasteiger partial charge in [0.15, 0.2) is 0 Å². The number of carbonyl (C=O) groups excluding carboxylic acids is 1. The molecule has 0 radical (unpaired) electrons. The first kappa shape index (κ1) is 18.2. The van der Waals surface area contributed by atoms with Crippen LogP contribution in [0.15, 0.2) is 60.7 Å². The van der Waals surface area contributed by atoms with Crippen LogP contribution in [-0.4, -0.2) is 29.8 Å². The van der Waals surface area contributed by atoms with Crippen LogP contribution in [0.4, 0.5) is 0 Å². The summed E-state index contributed by atoms with van der Waals surface area (Å²) in [5, 5.41) is 1.93. The lowest BCUT2D eigenvalue weighted by Gasteiger charge is -2.36. The highest BCUT2D eigenvalue weighted by Gasteiger charge is 2.59. The summed E-state index contributed by atoms with van der Waals surface area (Å²) < 4.78 is 5.42. The van der Waals surface area contributed by atoms with Crippen LogP contribution < -0.4 is 0 Å². The van der Waals surface area contributed by atoms with E-state index in [0.717, 1.165) is 12.8 Å². The van der Waals surface area contributed by atoms with Crippen LogP contribution in [0.3, 0.4) is 0 Å². The van der Waals surface area contributed by atoms with Gasteiger partial charge in [0.05, 0.1) is 18.8 Å². The van der Waals surface area contributed by atoms with E-state index in [1.54, 1.807) is 0 Å². The van der Waals surface area contributed by atoms with Gasteiger partial charge in [0, 0.05) is 11.8 Å². The molecule has 0 spiro atoms. The zero-order chi connectivity index (χ0) is 18.8. The molecule has 2 saturated heterocycles. The number of hydrogen-bond donors (Lipinski definition) is 0. The van der Waals surface area contributed by atoms with Crippen molar-refractivity contribution in [1.29, 1.82) is 0 Å². The van der Waals surface area contributed by atoms with Crippen LogP contribution in [0.25, 0.3) is 0 Å². The summed E-state index contributed by atoms with van der Waals surface area (Å²) in [7, 11) is 0. The van der Waals surface area contributed by atoms with Gasteiger partial charge in [-0.05, 0) is 30.9 Å². The summed E-state index contributed by atoms with van der Waals surface area (Å²) >= 11 is 0. The van der Waals surface area contributed by atoms with Crippen molar-refractivity contribution in [2.24, 2.45) is 11.8 Å². The molecule has 2 aromatic carbocycles. The van der Waals surface area contributed by atoms with Crippen molar-refractivity contribution in [3.05, 3.63) is 71.8 Å². The molecular weight excluding hydrogens is 338 g/mol. The van der Waals surface area contributed by atoms with Gasteiger partial charge in [0.2, 0.25) is 0 Å². The molecule has 4 heteroatoms. The molecule has 4 rings (SSSR count). The lowest BCUT2D eigenvalue weighted by molar-refractivity contribution is -0.172. The van der Waals surface area contributed by atoms with Gasteiger partial charge in [-0.25, -0.2) is 0 Å². The van der Waals surface area contributed by atoms with E-state index in [0.29, 0.717) is 12.5 Å². The Bertz CT molecular complexity index is 764. The van der Waals surface area contributed by atoms with Crippen molar-refractivity contribution >= 4 is 5.97 Å². The SMILES string of the molecule is CCOC(=O)[C@@H]1[C@@H](CCc2ccccc2)[C@H]2ON1[C@H](c1ccccc1)[C@H]2C. The third kappa shape index (κ3) is 3.40. The maximum atomic E-state index is 12.8. The molecule has 2 aliphatic rings. The molecule has 2 bridgehead atoms. The fourth-order valence-corrected chi connectivity index (χ4v) is 4.70. The first-order chi connectivity index (χ1) is 13.2. The van der Waals surface area contributed by atoms with Crippen molar-refractivity contribution in [1.82, 2.24) is 5.06 Å². The van der Waals surface area contributed by atoms with Crippen LogP contribution in [-0.2, 0) is 20.8 Å². The summed E-state index contributed by atoms with van der Waals surface area (Å²) in [6.07, 6.45) is 1.91. The molecule has 0 aromatic heterocycles. The minimum absolute atomic E-state index is 0.0494.